The molecular formula is C15H9BrClN3. The van der Waals surface area contributed by atoms with E-state index in [-0.39, 0.29) is 0 Å². The van der Waals surface area contributed by atoms with Gasteiger partial charge in [0, 0.05) is 28.4 Å². The van der Waals surface area contributed by atoms with E-state index in [1.165, 1.54) is 0 Å². The van der Waals surface area contributed by atoms with Gasteiger partial charge in [0.05, 0.1) is 21.9 Å². The van der Waals surface area contributed by atoms with E-state index in [9.17, 15) is 5.26 Å². The maximum Gasteiger partial charge on any atom is 0.100 e. The molecule has 0 saturated heterocycles. The van der Waals surface area contributed by atoms with Crippen molar-refractivity contribution in [3.63, 3.8) is 0 Å². The average molecular weight is 347 g/mol. The van der Waals surface area contributed by atoms with E-state index in [4.69, 9.17) is 11.6 Å². The zero-order valence-corrected chi connectivity index (χ0v) is 12.9. The number of rotatable bonds is 1. The van der Waals surface area contributed by atoms with Gasteiger partial charge in [-0.3, -0.25) is 4.68 Å². The molecule has 2 aromatic carbocycles. The molecule has 0 fully saturated rings. The van der Waals surface area contributed by atoms with Gasteiger partial charge in [-0.1, -0.05) is 35.9 Å². The molecule has 0 aliphatic heterocycles. The standard InChI is InChI=1S/C15H9BrClN3/c1-20-15(13(16)8-19-20)11-6-5-10-9(12(11)7-18)3-2-4-14(10)17/h2-6,8H,1H3. The first kappa shape index (κ1) is 13.2. The monoisotopic (exact) mass is 345 g/mol. The summed E-state index contributed by atoms with van der Waals surface area (Å²) in [7, 11) is 1.85. The normalized spacial score (nSPS) is 10.7. The van der Waals surface area contributed by atoms with Gasteiger partial charge in [0.15, 0.2) is 0 Å². The van der Waals surface area contributed by atoms with E-state index in [1.807, 2.05) is 37.4 Å². The first-order chi connectivity index (χ1) is 9.63. The highest BCUT2D eigenvalue weighted by atomic mass is 79.9. The van der Waals surface area contributed by atoms with Crippen LogP contribution in [0.3, 0.4) is 0 Å². The number of nitriles is 1. The van der Waals surface area contributed by atoms with E-state index >= 15 is 0 Å². The molecule has 0 N–H and O–H groups in total. The van der Waals surface area contributed by atoms with Crippen LogP contribution >= 0.6 is 27.5 Å². The first-order valence-electron chi connectivity index (χ1n) is 5.92. The third kappa shape index (κ3) is 1.91. The summed E-state index contributed by atoms with van der Waals surface area (Å²) >= 11 is 9.67. The molecule has 0 radical (unpaired) electrons. The average Bonchev–Trinajstić information content (AvgIpc) is 2.77. The third-order valence-electron chi connectivity index (χ3n) is 3.27. The Morgan fingerprint density at radius 2 is 2.05 bits per heavy atom. The van der Waals surface area contributed by atoms with Crippen LogP contribution in [0.5, 0.6) is 0 Å². The van der Waals surface area contributed by atoms with Gasteiger partial charge in [-0.2, -0.15) is 10.4 Å². The fraction of sp³-hybridized carbons (Fsp3) is 0.0667. The lowest BCUT2D eigenvalue weighted by atomic mass is 9.98. The van der Waals surface area contributed by atoms with Crippen LogP contribution in [0.4, 0.5) is 0 Å². The van der Waals surface area contributed by atoms with Crippen molar-refractivity contribution in [3.05, 3.63) is 51.6 Å². The summed E-state index contributed by atoms with van der Waals surface area (Å²) in [6.07, 6.45) is 1.72. The molecule has 0 bridgehead atoms. The summed E-state index contributed by atoms with van der Waals surface area (Å²) < 4.78 is 2.61. The largest absolute Gasteiger partial charge is 0.267 e. The molecule has 0 saturated carbocycles. The van der Waals surface area contributed by atoms with E-state index < -0.39 is 0 Å². The SMILES string of the molecule is Cn1ncc(Br)c1-c1ccc2c(Cl)cccc2c1C#N. The molecule has 0 amide bonds. The minimum atomic E-state index is 0.606. The lowest BCUT2D eigenvalue weighted by Crippen LogP contribution is -1.96. The van der Waals surface area contributed by atoms with E-state index in [0.717, 1.165) is 26.5 Å². The maximum absolute atomic E-state index is 9.55. The lowest BCUT2D eigenvalue weighted by molar-refractivity contribution is 0.775. The Morgan fingerprint density at radius 1 is 1.25 bits per heavy atom. The van der Waals surface area contributed by atoms with Crippen LogP contribution in [-0.4, -0.2) is 9.78 Å². The predicted octanol–water partition coefficient (Wildman–Crippen LogP) is 4.53. The fourth-order valence-electron chi connectivity index (χ4n) is 2.35. The van der Waals surface area contributed by atoms with Crippen LogP contribution in [0.15, 0.2) is 41.0 Å². The smallest absolute Gasteiger partial charge is 0.100 e. The minimum absolute atomic E-state index is 0.606. The molecule has 3 nitrogen and oxygen atoms in total. The number of hydrogen-bond acceptors (Lipinski definition) is 2. The molecule has 0 aliphatic carbocycles. The Balaban J connectivity index is 2.42. The minimum Gasteiger partial charge on any atom is -0.267 e. The molecule has 0 atom stereocenters. The quantitative estimate of drug-likeness (QED) is 0.649. The summed E-state index contributed by atoms with van der Waals surface area (Å²) in [6, 6.07) is 11.7. The van der Waals surface area contributed by atoms with E-state index in [2.05, 4.69) is 27.1 Å². The number of benzene rings is 2. The second-order valence-corrected chi connectivity index (χ2v) is 5.66. The van der Waals surface area contributed by atoms with Gasteiger partial charge in [-0.15, -0.1) is 0 Å². The molecule has 20 heavy (non-hydrogen) atoms. The van der Waals surface area contributed by atoms with Gasteiger partial charge in [-0.25, -0.2) is 0 Å². The molecule has 1 heterocycles. The number of halogens is 2. The van der Waals surface area contributed by atoms with Crippen LogP contribution in [-0.2, 0) is 7.05 Å². The Bertz CT molecular complexity index is 842. The summed E-state index contributed by atoms with van der Waals surface area (Å²) in [6.45, 7) is 0. The molecular weight excluding hydrogens is 338 g/mol. The highest BCUT2D eigenvalue weighted by molar-refractivity contribution is 9.10. The maximum atomic E-state index is 9.55. The van der Waals surface area contributed by atoms with E-state index in [1.54, 1.807) is 10.9 Å². The molecule has 0 spiro atoms. The van der Waals surface area contributed by atoms with Crippen LogP contribution in [0.1, 0.15) is 5.56 Å². The summed E-state index contributed by atoms with van der Waals surface area (Å²) in [5, 5.41) is 16.1. The highest BCUT2D eigenvalue weighted by Crippen LogP contribution is 2.35. The van der Waals surface area contributed by atoms with Crippen molar-refractivity contribution in [3.8, 4) is 17.3 Å². The van der Waals surface area contributed by atoms with Crippen molar-refractivity contribution < 1.29 is 0 Å². The fourth-order valence-corrected chi connectivity index (χ4v) is 3.15. The van der Waals surface area contributed by atoms with Crippen molar-refractivity contribution in [2.75, 3.05) is 0 Å². The Morgan fingerprint density at radius 3 is 2.70 bits per heavy atom. The van der Waals surface area contributed by atoms with Gasteiger partial charge >= 0.3 is 0 Å². The Labute approximate surface area is 129 Å². The van der Waals surface area contributed by atoms with Gasteiger partial charge in [0.25, 0.3) is 0 Å². The van der Waals surface area contributed by atoms with Crippen LogP contribution in [0.2, 0.25) is 5.02 Å². The van der Waals surface area contributed by atoms with Crippen molar-refractivity contribution in [1.82, 2.24) is 9.78 Å². The molecule has 0 unspecified atom stereocenters. The van der Waals surface area contributed by atoms with Crippen LogP contribution in [0, 0.1) is 11.3 Å². The van der Waals surface area contributed by atoms with Crippen molar-refractivity contribution in [1.29, 1.82) is 5.26 Å². The Kier molecular flexibility index (Phi) is 3.25. The topological polar surface area (TPSA) is 41.6 Å². The summed E-state index contributed by atoms with van der Waals surface area (Å²) in [4.78, 5) is 0. The Hall–Kier alpha value is -1.83. The van der Waals surface area contributed by atoms with Crippen LogP contribution in [0.25, 0.3) is 22.0 Å². The van der Waals surface area contributed by atoms with Gasteiger partial charge in [-0.05, 0) is 22.0 Å². The molecule has 5 heteroatoms. The van der Waals surface area contributed by atoms with Gasteiger partial charge < -0.3 is 0 Å². The molecule has 1 aromatic heterocycles. The predicted molar refractivity (Wildman–Crippen MR) is 83.6 cm³/mol. The number of aryl methyl sites for hydroxylation is 1. The van der Waals surface area contributed by atoms with Gasteiger partial charge in [0.1, 0.15) is 6.07 Å². The molecule has 0 aliphatic rings. The second-order valence-electron chi connectivity index (χ2n) is 4.40. The molecule has 3 rings (SSSR count). The summed E-state index contributed by atoms with van der Waals surface area (Å²) in [5.41, 5.74) is 2.33. The van der Waals surface area contributed by atoms with Crippen molar-refractivity contribution in [2.24, 2.45) is 7.05 Å². The third-order valence-corrected chi connectivity index (χ3v) is 4.18. The summed E-state index contributed by atoms with van der Waals surface area (Å²) in [5.74, 6) is 0. The first-order valence-corrected chi connectivity index (χ1v) is 7.09. The molecule has 98 valence electrons. The van der Waals surface area contributed by atoms with Gasteiger partial charge in [0.2, 0.25) is 0 Å². The number of hydrogen-bond donors (Lipinski definition) is 0. The molecule has 3 aromatic rings. The number of aromatic nitrogens is 2. The van der Waals surface area contributed by atoms with Crippen molar-refractivity contribution >= 4 is 38.3 Å². The zero-order valence-electron chi connectivity index (χ0n) is 10.6. The van der Waals surface area contributed by atoms with E-state index in [0.29, 0.717) is 10.6 Å². The second kappa shape index (κ2) is 4.93. The highest BCUT2D eigenvalue weighted by Gasteiger charge is 2.16. The number of nitrogens with zero attached hydrogens (tertiary/aromatic N) is 3. The zero-order chi connectivity index (χ0) is 14.3. The number of fused-ring (bicyclic) bond motifs is 1. The lowest BCUT2D eigenvalue weighted by Gasteiger charge is -2.09. The van der Waals surface area contributed by atoms with Crippen LogP contribution < -0.4 is 0 Å². The van der Waals surface area contributed by atoms with Crippen molar-refractivity contribution in [2.45, 2.75) is 0 Å².